The van der Waals surface area contributed by atoms with E-state index in [4.69, 9.17) is 19.9 Å². The number of piperidine rings is 1. The van der Waals surface area contributed by atoms with Gasteiger partial charge in [0.1, 0.15) is 36.4 Å². The van der Waals surface area contributed by atoms with Crippen molar-refractivity contribution in [3.8, 4) is 11.5 Å². The average molecular weight is 634 g/mol. The molecule has 7 atom stereocenters. The minimum Gasteiger partial charge on any atom is -0.493 e. The lowest BCUT2D eigenvalue weighted by molar-refractivity contribution is -0.956. The molecule has 10 nitrogen and oxygen atoms in total. The van der Waals surface area contributed by atoms with Gasteiger partial charge in [0.2, 0.25) is 5.91 Å². The summed E-state index contributed by atoms with van der Waals surface area (Å²) < 4.78 is 18.5. The lowest BCUT2D eigenvalue weighted by atomic mass is 9.52. The van der Waals surface area contributed by atoms with Crippen molar-refractivity contribution >= 4 is 17.7 Å². The van der Waals surface area contributed by atoms with Crippen molar-refractivity contribution in [1.29, 1.82) is 0 Å². The van der Waals surface area contributed by atoms with Crippen LogP contribution in [0, 0.1) is 5.92 Å². The maximum atomic E-state index is 13.2. The highest BCUT2D eigenvalue weighted by molar-refractivity contribution is 5.96. The van der Waals surface area contributed by atoms with Crippen molar-refractivity contribution in [3.05, 3.63) is 65.2 Å². The molecule has 1 spiro atoms. The quantitative estimate of drug-likeness (QED) is 0.175. The summed E-state index contributed by atoms with van der Waals surface area (Å²) >= 11 is 0. The van der Waals surface area contributed by atoms with Crippen LogP contribution < -0.4 is 25.8 Å². The Morgan fingerprint density at radius 1 is 1.15 bits per heavy atom. The molecule has 2 aliphatic heterocycles. The standard InChI is InChI=1S/C36H48N4O6/c1-35(2,3)46-34(43)39-26(8-6-7-18-37)33(42)38-24-12-9-22(10-13-24)21-40(4)19-17-36-25-14-15-28(41)32(36)45-31-29(44-5)16-11-23(30(31)36)20-27(25)40/h9-16,25-28,32,41H,6-8,17-21,37H2,1-5H3,(H-,38,39,42,43)/p+1/t25?,26?,27-,28+,32+,36+,40?/m1/s1. The number of hydrogen-bond acceptors (Lipinski definition) is 7. The number of carbonyl (C=O) groups is 2. The Morgan fingerprint density at radius 2 is 1.91 bits per heavy atom. The van der Waals surface area contributed by atoms with Crippen molar-refractivity contribution in [2.45, 2.75) is 94.7 Å². The van der Waals surface area contributed by atoms with Gasteiger partial charge in [-0.25, -0.2) is 4.79 Å². The lowest BCUT2D eigenvalue weighted by Gasteiger charge is -2.59. The van der Waals surface area contributed by atoms with E-state index in [1.807, 2.05) is 24.3 Å². The predicted octanol–water partition coefficient (Wildman–Crippen LogP) is 4.18. The van der Waals surface area contributed by atoms with Crippen molar-refractivity contribution in [1.82, 2.24) is 5.32 Å². The highest BCUT2D eigenvalue weighted by atomic mass is 16.6. The molecule has 2 aromatic rings. The first-order chi connectivity index (χ1) is 21.9. The predicted molar refractivity (Wildman–Crippen MR) is 176 cm³/mol. The van der Waals surface area contributed by atoms with Gasteiger partial charge in [0.05, 0.1) is 26.1 Å². The smallest absolute Gasteiger partial charge is 0.408 e. The number of likely N-dealkylation sites (tertiary alicyclic amines) is 1. The van der Waals surface area contributed by atoms with Gasteiger partial charge in [-0.3, -0.25) is 4.79 Å². The third kappa shape index (κ3) is 5.75. The van der Waals surface area contributed by atoms with E-state index in [0.29, 0.717) is 31.1 Å². The molecule has 10 heteroatoms. The highest BCUT2D eigenvalue weighted by Crippen LogP contribution is 2.63. The lowest BCUT2D eigenvalue weighted by Crippen LogP contribution is -2.70. The molecule has 5 N–H and O–H groups in total. The molecule has 0 saturated carbocycles. The Morgan fingerprint density at radius 3 is 2.61 bits per heavy atom. The number of methoxy groups -OCH3 is 1. The van der Waals surface area contributed by atoms with E-state index >= 15 is 0 Å². The fourth-order valence-electron chi connectivity index (χ4n) is 8.39. The summed E-state index contributed by atoms with van der Waals surface area (Å²) in [5.74, 6) is 1.51. The number of quaternary nitrogens is 1. The molecule has 1 saturated heterocycles. The van der Waals surface area contributed by atoms with Crippen LogP contribution in [0.2, 0.25) is 0 Å². The SMILES string of the molecule is COc1ccc2c3c1O[C@H]1[C@@H](O)C=CC4[C@@H](C2)[N+](C)(Cc2ccc(NC(=O)C(CCCCN)NC(=O)OC(C)(C)C)cc2)CC[C@@]341. The number of likely N-dealkylation sites (N-methyl/N-ethyl adjacent to an activating group) is 1. The molecular formula is C36H49N4O6+. The van der Waals surface area contributed by atoms with Crippen molar-refractivity contribution in [3.63, 3.8) is 0 Å². The first-order valence-corrected chi connectivity index (χ1v) is 16.6. The summed E-state index contributed by atoms with van der Waals surface area (Å²) in [6.07, 6.45) is 6.38. The van der Waals surface area contributed by atoms with Crippen molar-refractivity contribution < 1.29 is 33.4 Å². The monoisotopic (exact) mass is 633 g/mol. The van der Waals surface area contributed by atoms with Gasteiger partial charge in [0.25, 0.3) is 0 Å². The Bertz CT molecular complexity index is 1500. The summed E-state index contributed by atoms with van der Waals surface area (Å²) in [4.78, 5) is 25.7. The van der Waals surface area contributed by atoms with Crippen LogP contribution in [0.25, 0.3) is 0 Å². The number of hydrogen-bond donors (Lipinski definition) is 4. The van der Waals surface area contributed by atoms with E-state index in [-0.39, 0.29) is 23.3 Å². The third-order valence-corrected chi connectivity index (χ3v) is 10.5. The molecule has 248 valence electrons. The fourth-order valence-corrected chi connectivity index (χ4v) is 8.39. The Kier molecular flexibility index (Phi) is 8.58. The van der Waals surface area contributed by atoms with Gasteiger partial charge in [-0.15, -0.1) is 0 Å². The maximum Gasteiger partial charge on any atom is 0.408 e. The van der Waals surface area contributed by atoms with Crippen LogP contribution in [0.15, 0.2) is 48.6 Å². The number of aliphatic hydroxyl groups is 1. The van der Waals surface area contributed by atoms with Gasteiger partial charge in [-0.05, 0) is 70.3 Å². The number of aliphatic hydroxyl groups excluding tert-OH is 1. The molecule has 2 heterocycles. The minimum absolute atomic E-state index is 0.243. The number of carbonyl (C=O) groups excluding carboxylic acids is 2. The first-order valence-electron chi connectivity index (χ1n) is 16.6. The summed E-state index contributed by atoms with van der Waals surface area (Å²) in [6, 6.07) is 11.8. The molecule has 1 fully saturated rings. The summed E-state index contributed by atoms with van der Waals surface area (Å²) in [5.41, 5.74) is 9.14. The van der Waals surface area contributed by atoms with Gasteiger partial charge in [-0.1, -0.05) is 30.4 Å². The van der Waals surface area contributed by atoms with E-state index in [2.05, 4.69) is 42.0 Å². The Labute approximate surface area is 271 Å². The van der Waals surface area contributed by atoms with E-state index in [1.54, 1.807) is 27.9 Å². The largest absolute Gasteiger partial charge is 0.493 e. The van der Waals surface area contributed by atoms with Crippen LogP contribution in [0.4, 0.5) is 10.5 Å². The number of benzene rings is 2. The second-order valence-corrected chi connectivity index (χ2v) is 14.7. The molecule has 0 radical (unpaired) electrons. The van der Waals surface area contributed by atoms with E-state index in [1.165, 1.54) is 16.7 Å². The number of ether oxygens (including phenoxy) is 3. The van der Waals surface area contributed by atoms with Crippen molar-refractivity contribution in [2.24, 2.45) is 11.7 Å². The number of nitrogens with one attached hydrogen (secondary N) is 2. The molecule has 2 aliphatic carbocycles. The van der Waals surface area contributed by atoms with Crippen LogP contribution >= 0.6 is 0 Å². The number of anilines is 1. The van der Waals surface area contributed by atoms with Crippen LogP contribution in [0.3, 0.4) is 0 Å². The first kappa shape index (κ1) is 32.3. The van der Waals surface area contributed by atoms with Gasteiger partial charge in [0, 0.05) is 35.6 Å². The summed E-state index contributed by atoms with van der Waals surface area (Å²) in [5, 5.41) is 16.8. The van der Waals surface area contributed by atoms with E-state index < -0.39 is 23.8 Å². The molecule has 46 heavy (non-hydrogen) atoms. The highest BCUT2D eigenvalue weighted by Gasteiger charge is 2.68. The van der Waals surface area contributed by atoms with Crippen LogP contribution in [-0.4, -0.2) is 78.7 Å². The van der Waals surface area contributed by atoms with E-state index in [0.717, 1.165) is 48.3 Å². The molecule has 2 bridgehead atoms. The molecule has 2 amide bonds. The summed E-state index contributed by atoms with van der Waals surface area (Å²) in [6.45, 7) is 7.69. The minimum atomic E-state index is -0.730. The molecule has 2 aromatic carbocycles. The molecule has 6 rings (SSSR count). The average Bonchev–Trinajstić information content (AvgIpc) is 3.36. The molecule has 3 unspecified atom stereocenters. The van der Waals surface area contributed by atoms with Gasteiger partial charge < -0.3 is 40.2 Å². The van der Waals surface area contributed by atoms with Crippen LogP contribution in [0.5, 0.6) is 11.5 Å². The maximum absolute atomic E-state index is 13.2. The zero-order valence-corrected chi connectivity index (χ0v) is 27.7. The number of nitrogens with zero attached hydrogens (tertiary/aromatic N) is 1. The molecule has 0 aromatic heterocycles. The van der Waals surface area contributed by atoms with Gasteiger partial charge in [-0.2, -0.15) is 0 Å². The van der Waals surface area contributed by atoms with E-state index in [9.17, 15) is 14.7 Å². The Hall–Kier alpha value is -3.60. The number of alkyl carbamates (subject to hydrolysis) is 1. The van der Waals surface area contributed by atoms with Crippen LogP contribution in [0.1, 0.15) is 63.1 Å². The number of unbranched alkanes of at least 4 members (excludes halogenated alkanes) is 1. The fraction of sp³-hybridized carbons (Fsp3) is 0.556. The molecular weight excluding hydrogens is 584 g/mol. The zero-order valence-electron chi connectivity index (χ0n) is 27.7. The molecule has 4 aliphatic rings. The van der Waals surface area contributed by atoms with Gasteiger partial charge >= 0.3 is 6.09 Å². The van der Waals surface area contributed by atoms with Gasteiger partial charge in [0.15, 0.2) is 11.5 Å². The topological polar surface area (TPSA) is 132 Å². The second-order valence-electron chi connectivity index (χ2n) is 14.7. The Balaban J connectivity index is 1.17. The zero-order chi connectivity index (χ0) is 32.9. The second kappa shape index (κ2) is 12.2. The number of nitrogens with two attached hydrogens (primary N) is 1. The third-order valence-electron chi connectivity index (χ3n) is 10.5. The number of amides is 2. The van der Waals surface area contributed by atoms with Crippen molar-refractivity contribution in [2.75, 3.05) is 32.6 Å². The summed E-state index contributed by atoms with van der Waals surface area (Å²) in [7, 11) is 4.02. The number of rotatable bonds is 10. The van der Waals surface area contributed by atoms with Crippen LogP contribution in [-0.2, 0) is 27.9 Å². The normalized spacial score (nSPS) is 29.3.